The molecular formula is C14H14O3. The van der Waals surface area contributed by atoms with Gasteiger partial charge in [-0.05, 0) is 11.5 Å². The van der Waals surface area contributed by atoms with E-state index in [0.717, 1.165) is 16.5 Å². The summed E-state index contributed by atoms with van der Waals surface area (Å²) in [6, 6.07) is 13.9. The van der Waals surface area contributed by atoms with E-state index in [1.807, 2.05) is 42.5 Å². The van der Waals surface area contributed by atoms with Gasteiger partial charge < -0.3 is 9.47 Å². The van der Waals surface area contributed by atoms with Crippen LogP contribution >= 0.6 is 0 Å². The Morgan fingerprint density at radius 3 is 2.65 bits per heavy atom. The van der Waals surface area contributed by atoms with Crippen molar-refractivity contribution >= 4 is 16.7 Å². The molecule has 0 N–H and O–H groups in total. The molecule has 2 aromatic carbocycles. The fourth-order valence-corrected chi connectivity index (χ4v) is 1.66. The largest absolute Gasteiger partial charge is 0.489 e. The summed E-state index contributed by atoms with van der Waals surface area (Å²) in [4.78, 5) is 10.6. The van der Waals surface area contributed by atoms with Gasteiger partial charge >= 0.3 is 5.97 Å². The first-order valence-electron chi connectivity index (χ1n) is 5.51. The summed E-state index contributed by atoms with van der Waals surface area (Å²) in [5.41, 5.74) is 0. The van der Waals surface area contributed by atoms with Gasteiger partial charge in [0.1, 0.15) is 19.0 Å². The van der Waals surface area contributed by atoms with Crippen LogP contribution in [0, 0.1) is 0 Å². The second kappa shape index (κ2) is 5.34. The van der Waals surface area contributed by atoms with Gasteiger partial charge in [-0.25, -0.2) is 0 Å². The normalized spacial score (nSPS) is 10.2. The molecule has 0 aromatic heterocycles. The molecule has 0 aliphatic heterocycles. The maximum Gasteiger partial charge on any atom is 0.302 e. The number of ether oxygens (including phenoxy) is 2. The quantitative estimate of drug-likeness (QED) is 0.598. The van der Waals surface area contributed by atoms with E-state index in [9.17, 15) is 4.79 Å². The van der Waals surface area contributed by atoms with Gasteiger partial charge in [-0.2, -0.15) is 0 Å². The molecular weight excluding hydrogens is 216 g/mol. The lowest BCUT2D eigenvalue weighted by Gasteiger charge is -2.09. The molecule has 0 unspecified atom stereocenters. The molecule has 0 aliphatic carbocycles. The highest BCUT2D eigenvalue weighted by Gasteiger charge is 2.01. The van der Waals surface area contributed by atoms with Gasteiger partial charge in [0, 0.05) is 12.3 Å². The molecule has 17 heavy (non-hydrogen) atoms. The molecule has 0 amide bonds. The Morgan fingerprint density at radius 1 is 1.06 bits per heavy atom. The molecule has 0 bridgehead atoms. The Hall–Kier alpha value is -2.03. The minimum Gasteiger partial charge on any atom is -0.489 e. The van der Waals surface area contributed by atoms with E-state index in [0.29, 0.717) is 6.61 Å². The van der Waals surface area contributed by atoms with Gasteiger partial charge in [-0.15, -0.1) is 0 Å². The van der Waals surface area contributed by atoms with E-state index in [2.05, 4.69) is 0 Å². The molecule has 0 saturated heterocycles. The van der Waals surface area contributed by atoms with E-state index in [4.69, 9.17) is 9.47 Å². The number of rotatable bonds is 4. The molecule has 0 saturated carbocycles. The molecule has 88 valence electrons. The zero-order valence-electron chi connectivity index (χ0n) is 9.68. The zero-order valence-corrected chi connectivity index (χ0v) is 9.68. The van der Waals surface area contributed by atoms with Crippen LogP contribution < -0.4 is 4.74 Å². The van der Waals surface area contributed by atoms with E-state index in [1.165, 1.54) is 6.92 Å². The van der Waals surface area contributed by atoms with Crippen LogP contribution in [0.15, 0.2) is 42.5 Å². The van der Waals surface area contributed by atoms with Gasteiger partial charge in [0.2, 0.25) is 0 Å². The third kappa shape index (κ3) is 2.97. The average molecular weight is 230 g/mol. The van der Waals surface area contributed by atoms with Crippen LogP contribution in [-0.2, 0) is 9.53 Å². The average Bonchev–Trinajstić information content (AvgIpc) is 2.34. The van der Waals surface area contributed by atoms with Crippen LogP contribution in [0.1, 0.15) is 6.92 Å². The Balaban J connectivity index is 2.05. The minimum absolute atomic E-state index is 0.276. The monoisotopic (exact) mass is 230 g/mol. The van der Waals surface area contributed by atoms with Gasteiger partial charge in [0.05, 0.1) is 0 Å². The summed E-state index contributed by atoms with van der Waals surface area (Å²) in [6.45, 7) is 2.03. The highest BCUT2D eigenvalue weighted by Crippen LogP contribution is 2.24. The summed E-state index contributed by atoms with van der Waals surface area (Å²) in [6.07, 6.45) is 0. The first-order valence-corrected chi connectivity index (χ1v) is 5.51. The lowest BCUT2D eigenvalue weighted by atomic mass is 10.1. The van der Waals surface area contributed by atoms with Crippen molar-refractivity contribution in [2.75, 3.05) is 13.2 Å². The van der Waals surface area contributed by atoms with Crippen molar-refractivity contribution < 1.29 is 14.3 Å². The van der Waals surface area contributed by atoms with E-state index in [1.54, 1.807) is 0 Å². The Morgan fingerprint density at radius 2 is 1.82 bits per heavy atom. The predicted molar refractivity (Wildman–Crippen MR) is 66.1 cm³/mol. The number of benzene rings is 2. The molecule has 0 atom stereocenters. The summed E-state index contributed by atoms with van der Waals surface area (Å²) in [5, 5.41) is 2.20. The maximum absolute atomic E-state index is 10.6. The number of carbonyl (C=O) groups is 1. The second-order valence-electron chi connectivity index (χ2n) is 3.67. The van der Waals surface area contributed by atoms with Crippen LogP contribution in [0.3, 0.4) is 0 Å². The fourth-order valence-electron chi connectivity index (χ4n) is 1.66. The Kier molecular flexibility index (Phi) is 3.60. The van der Waals surface area contributed by atoms with Crippen molar-refractivity contribution in [3.05, 3.63) is 42.5 Å². The van der Waals surface area contributed by atoms with Gasteiger partial charge in [0.15, 0.2) is 0 Å². The molecule has 0 radical (unpaired) electrons. The topological polar surface area (TPSA) is 35.5 Å². The molecule has 0 spiro atoms. The van der Waals surface area contributed by atoms with Gasteiger partial charge in [0.25, 0.3) is 0 Å². The number of hydrogen-bond donors (Lipinski definition) is 0. The molecule has 0 aliphatic rings. The smallest absolute Gasteiger partial charge is 0.302 e. The Bertz CT molecular complexity index is 514. The summed E-state index contributed by atoms with van der Waals surface area (Å²) >= 11 is 0. The lowest BCUT2D eigenvalue weighted by molar-refractivity contribution is -0.141. The third-order valence-electron chi connectivity index (χ3n) is 2.40. The van der Waals surface area contributed by atoms with Crippen LogP contribution in [0.2, 0.25) is 0 Å². The number of fused-ring (bicyclic) bond motifs is 1. The minimum atomic E-state index is -0.286. The molecule has 0 fully saturated rings. The van der Waals surface area contributed by atoms with Crippen LogP contribution in [0.25, 0.3) is 10.8 Å². The number of carbonyl (C=O) groups excluding carboxylic acids is 1. The summed E-state index contributed by atoms with van der Waals surface area (Å²) in [7, 11) is 0. The first-order chi connectivity index (χ1) is 8.27. The van der Waals surface area contributed by atoms with Gasteiger partial charge in [-0.3, -0.25) is 4.79 Å². The molecule has 3 heteroatoms. The van der Waals surface area contributed by atoms with Gasteiger partial charge in [-0.1, -0.05) is 36.4 Å². The number of hydrogen-bond acceptors (Lipinski definition) is 3. The van der Waals surface area contributed by atoms with Crippen LogP contribution in [0.5, 0.6) is 5.75 Å². The molecule has 0 heterocycles. The highest BCUT2D eigenvalue weighted by molar-refractivity contribution is 5.88. The second-order valence-corrected chi connectivity index (χ2v) is 3.67. The van der Waals surface area contributed by atoms with Crippen molar-refractivity contribution in [2.45, 2.75) is 6.92 Å². The van der Waals surface area contributed by atoms with Crippen LogP contribution in [0.4, 0.5) is 0 Å². The fraction of sp³-hybridized carbons (Fsp3) is 0.214. The molecule has 3 nitrogen and oxygen atoms in total. The van der Waals surface area contributed by atoms with Crippen molar-refractivity contribution in [3.8, 4) is 5.75 Å². The van der Waals surface area contributed by atoms with Crippen LogP contribution in [-0.4, -0.2) is 19.2 Å². The zero-order chi connectivity index (χ0) is 12.1. The maximum atomic E-state index is 10.6. The van der Waals surface area contributed by atoms with Crippen molar-refractivity contribution in [1.82, 2.24) is 0 Å². The molecule has 2 aromatic rings. The SMILES string of the molecule is CC(=O)OCCOc1cccc2ccccc12. The third-order valence-corrected chi connectivity index (χ3v) is 2.40. The van der Waals surface area contributed by atoms with E-state index in [-0.39, 0.29) is 12.6 Å². The van der Waals surface area contributed by atoms with E-state index >= 15 is 0 Å². The first kappa shape index (κ1) is 11.5. The highest BCUT2D eigenvalue weighted by atomic mass is 16.6. The van der Waals surface area contributed by atoms with Crippen molar-refractivity contribution in [1.29, 1.82) is 0 Å². The summed E-state index contributed by atoms with van der Waals surface area (Å²) < 4.78 is 10.4. The lowest BCUT2D eigenvalue weighted by Crippen LogP contribution is -2.09. The predicted octanol–water partition coefficient (Wildman–Crippen LogP) is 2.78. The molecule has 2 rings (SSSR count). The van der Waals surface area contributed by atoms with Crippen molar-refractivity contribution in [3.63, 3.8) is 0 Å². The summed E-state index contributed by atoms with van der Waals surface area (Å²) in [5.74, 6) is 0.529. The number of esters is 1. The van der Waals surface area contributed by atoms with E-state index < -0.39 is 0 Å². The standard InChI is InChI=1S/C14H14O3/c1-11(15)16-9-10-17-14-8-4-6-12-5-2-3-7-13(12)14/h2-8H,9-10H2,1H3. The Labute approximate surface area is 100.0 Å². The van der Waals surface area contributed by atoms with Crippen molar-refractivity contribution in [2.24, 2.45) is 0 Å².